The van der Waals surface area contributed by atoms with Gasteiger partial charge in [-0.1, -0.05) is 18.2 Å². The van der Waals surface area contributed by atoms with Crippen molar-refractivity contribution < 1.29 is 13.2 Å². The SMILES string of the molecule is C[C@H](C(=O)Nc1ccc(S(N)(=O)=O)cc1)N1CCCc2ccccc21. The van der Waals surface area contributed by atoms with Crippen LogP contribution in [0, 0.1) is 0 Å². The third kappa shape index (κ3) is 3.83. The number of nitrogens with one attached hydrogen (secondary N) is 1. The van der Waals surface area contributed by atoms with Crippen LogP contribution < -0.4 is 15.4 Å². The second-order valence-corrected chi connectivity index (χ2v) is 7.72. The van der Waals surface area contributed by atoms with Gasteiger partial charge in [0.1, 0.15) is 6.04 Å². The van der Waals surface area contributed by atoms with Crippen molar-refractivity contribution >= 4 is 27.3 Å². The molecule has 0 saturated carbocycles. The van der Waals surface area contributed by atoms with Crippen LogP contribution in [-0.4, -0.2) is 26.9 Å². The molecule has 0 bridgehead atoms. The Bertz CT molecular complexity index is 879. The summed E-state index contributed by atoms with van der Waals surface area (Å²) in [4.78, 5) is 14.7. The van der Waals surface area contributed by atoms with Gasteiger partial charge in [-0.3, -0.25) is 4.79 Å². The number of aryl methyl sites for hydroxylation is 1. The van der Waals surface area contributed by atoms with Crippen LogP contribution in [-0.2, 0) is 21.2 Å². The van der Waals surface area contributed by atoms with Gasteiger partial charge in [-0.05, 0) is 55.7 Å². The summed E-state index contributed by atoms with van der Waals surface area (Å²) < 4.78 is 22.6. The Balaban J connectivity index is 1.74. The van der Waals surface area contributed by atoms with E-state index in [0.29, 0.717) is 5.69 Å². The van der Waals surface area contributed by atoms with Gasteiger partial charge < -0.3 is 10.2 Å². The van der Waals surface area contributed by atoms with Crippen LogP contribution in [0.5, 0.6) is 0 Å². The Kier molecular flexibility index (Phi) is 4.78. The van der Waals surface area contributed by atoms with Gasteiger partial charge >= 0.3 is 0 Å². The van der Waals surface area contributed by atoms with E-state index in [1.165, 1.54) is 29.8 Å². The van der Waals surface area contributed by atoms with E-state index >= 15 is 0 Å². The van der Waals surface area contributed by atoms with Gasteiger partial charge in [0.25, 0.3) is 0 Å². The van der Waals surface area contributed by atoms with Gasteiger partial charge in [-0.15, -0.1) is 0 Å². The number of amides is 1. The van der Waals surface area contributed by atoms with Gasteiger partial charge in [-0.2, -0.15) is 0 Å². The number of hydrogen-bond donors (Lipinski definition) is 2. The van der Waals surface area contributed by atoms with Crippen LogP contribution in [0.4, 0.5) is 11.4 Å². The Morgan fingerprint density at radius 2 is 1.84 bits per heavy atom. The van der Waals surface area contributed by atoms with Crippen molar-refractivity contribution in [2.45, 2.75) is 30.7 Å². The second-order valence-electron chi connectivity index (χ2n) is 6.16. The first-order valence-electron chi connectivity index (χ1n) is 8.14. The molecule has 0 unspecified atom stereocenters. The number of fused-ring (bicyclic) bond motifs is 1. The molecular weight excluding hydrogens is 338 g/mol. The lowest BCUT2D eigenvalue weighted by molar-refractivity contribution is -0.117. The van der Waals surface area contributed by atoms with Crippen molar-refractivity contribution in [1.82, 2.24) is 0 Å². The number of carbonyl (C=O) groups excluding carboxylic acids is 1. The maximum atomic E-state index is 12.6. The number of hydrogen-bond acceptors (Lipinski definition) is 4. The fourth-order valence-corrected chi connectivity index (χ4v) is 3.60. The number of sulfonamides is 1. The molecule has 0 aromatic heterocycles. The molecule has 1 atom stereocenters. The molecule has 2 aromatic carbocycles. The standard InChI is InChI=1S/C18H21N3O3S/c1-13(21-12-4-6-14-5-2-3-7-17(14)21)18(22)20-15-8-10-16(11-9-15)25(19,23)24/h2-3,5,7-11,13H,4,6,12H2,1H3,(H,20,22)(H2,19,23,24)/t13-/m1/s1. The van der Waals surface area contributed by atoms with Gasteiger partial charge in [0.15, 0.2) is 0 Å². The van der Waals surface area contributed by atoms with Crippen molar-refractivity contribution in [3.63, 3.8) is 0 Å². The summed E-state index contributed by atoms with van der Waals surface area (Å²) in [5.41, 5.74) is 2.89. The monoisotopic (exact) mass is 359 g/mol. The average molecular weight is 359 g/mol. The average Bonchev–Trinajstić information content (AvgIpc) is 2.60. The van der Waals surface area contributed by atoms with Crippen molar-refractivity contribution in [3.8, 4) is 0 Å². The number of primary sulfonamides is 1. The first-order valence-corrected chi connectivity index (χ1v) is 9.69. The molecule has 0 aliphatic carbocycles. The lowest BCUT2D eigenvalue weighted by atomic mass is 10.00. The molecule has 7 heteroatoms. The molecule has 2 aromatic rings. The molecule has 3 rings (SSSR count). The van der Waals surface area contributed by atoms with Crippen LogP contribution in [0.25, 0.3) is 0 Å². The van der Waals surface area contributed by atoms with E-state index in [1.54, 1.807) is 0 Å². The molecule has 3 N–H and O–H groups in total. The van der Waals surface area contributed by atoms with E-state index in [-0.39, 0.29) is 16.8 Å². The number of benzene rings is 2. The third-order valence-corrected chi connectivity index (χ3v) is 5.37. The second kappa shape index (κ2) is 6.85. The summed E-state index contributed by atoms with van der Waals surface area (Å²) >= 11 is 0. The minimum absolute atomic E-state index is 0.0171. The molecule has 0 radical (unpaired) electrons. The number of nitrogens with two attached hydrogens (primary N) is 1. The molecule has 1 aliphatic heterocycles. The highest BCUT2D eigenvalue weighted by Gasteiger charge is 2.25. The van der Waals surface area contributed by atoms with Gasteiger partial charge in [0.05, 0.1) is 4.90 Å². The highest BCUT2D eigenvalue weighted by molar-refractivity contribution is 7.89. The molecule has 0 saturated heterocycles. The summed E-state index contributed by atoms with van der Waals surface area (Å²) in [6, 6.07) is 13.6. The summed E-state index contributed by atoms with van der Waals surface area (Å²) in [6.45, 7) is 2.70. The zero-order chi connectivity index (χ0) is 18.0. The molecule has 6 nitrogen and oxygen atoms in total. The predicted octanol–water partition coefficient (Wildman–Crippen LogP) is 2.11. The van der Waals surface area contributed by atoms with E-state index in [2.05, 4.69) is 16.3 Å². The Morgan fingerprint density at radius 1 is 1.16 bits per heavy atom. The van der Waals surface area contributed by atoms with E-state index < -0.39 is 10.0 Å². The minimum atomic E-state index is -3.74. The Hall–Kier alpha value is -2.38. The smallest absolute Gasteiger partial charge is 0.246 e. The van der Waals surface area contributed by atoms with Crippen LogP contribution >= 0.6 is 0 Å². The lowest BCUT2D eigenvalue weighted by Gasteiger charge is -2.35. The zero-order valence-electron chi connectivity index (χ0n) is 14.0. The predicted molar refractivity (Wildman–Crippen MR) is 98.0 cm³/mol. The molecule has 1 heterocycles. The van der Waals surface area contributed by atoms with E-state index in [0.717, 1.165) is 25.1 Å². The van der Waals surface area contributed by atoms with Crippen LogP contribution in [0.15, 0.2) is 53.4 Å². The largest absolute Gasteiger partial charge is 0.360 e. The van der Waals surface area contributed by atoms with Crippen LogP contribution in [0.2, 0.25) is 0 Å². The van der Waals surface area contributed by atoms with E-state index in [1.807, 2.05) is 25.1 Å². The minimum Gasteiger partial charge on any atom is -0.360 e. The van der Waals surface area contributed by atoms with Crippen molar-refractivity contribution in [2.75, 3.05) is 16.8 Å². The maximum absolute atomic E-state index is 12.6. The molecule has 1 amide bonds. The van der Waals surface area contributed by atoms with Gasteiger partial charge in [0.2, 0.25) is 15.9 Å². The Morgan fingerprint density at radius 3 is 2.52 bits per heavy atom. The van der Waals surface area contributed by atoms with Crippen LogP contribution in [0.3, 0.4) is 0 Å². The van der Waals surface area contributed by atoms with Crippen LogP contribution in [0.1, 0.15) is 18.9 Å². The quantitative estimate of drug-likeness (QED) is 0.874. The number of rotatable bonds is 4. The summed E-state index contributed by atoms with van der Waals surface area (Å²) in [7, 11) is -3.74. The third-order valence-electron chi connectivity index (χ3n) is 4.44. The highest BCUT2D eigenvalue weighted by atomic mass is 32.2. The molecule has 0 fully saturated rings. The summed E-state index contributed by atoms with van der Waals surface area (Å²) in [5, 5.41) is 7.91. The summed E-state index contributed by atoms with van der Waals surface area (Å²) in [5.74, 6) is -0.139. The summed E-state index contributed by atoms with van der Waals surface area (Å²) in [6.07, 6.45) is 2.04. The first-order chi connectivity index (χ1) is 11.9. The normalized spacial score (nSPS) is 15.4. The van der Waals surface area contributed by atoms with E-state index in [4.69, 9.17) is 5.14 Å². The maximum Gasteiger partial charge on any atom is 0.246 e. The van der Waals surface area contributed by atoms with E-state index in [9.17, 15) is 13.2 Å². The Labute approximate surface area is 147 Å². The number of anilines is 2. The highest BCUT2D eigenvalue weighted by Crippen LogP contribution is 2.28. The molecule has 25 heavy (non-hydrogen) atoms. The fraction of sp³-hybridized carbons (Fsp3) is 0.278. The van der Waals surface area contributed by atoms with Gasteiger partial charge in [-0.25, -0.2) is 13.6 Å². The van der Waals surface area contributed by atoms with Gasteiger partial charge in [0, 0.05) is 17.9 Å². The topological polar surface area (TPSA) is 92.5 Å². The van der Waals surface area contributed by atoms with Crippen molar-refractivity contribution in [2.24, 2.45) is 5.14 Å². The number of nitrogens with zero attached hydrogens (tertiary/aromatic N) is 1. The zero-order valence-corrected chi connectivity index (χ0v) is 14.8. The van der Waals surface area contributed by atoms with Crippen molar-refractivity contribution in [1.29, 1.82) is 0 Å². The lowest BCUT2D eigenvalue weighted by Crippen LogP contribution is -2.44. The molecule has 0 spiro atoms. The first kappa shape index (κ1) is 17.4. The number of para-hydroxylation sites is 1. The van der Waals surface area contributed by atoms with Crippen molar-refractivity contribution in [3.05, 3.63) is 54.1 Å². The molecule has 132 valence electrons. The fourth-order valence-electron chi connectivity index (χ4n) is 3.08. The molecule has 1 aliphatic rings. The number of carbonyl (C=O) groups is 1. The molecular formula is C18H21N3O3S.